The zero-order valence-electron chi connectivity index (χ0n) is 7.96. The van der Waals surface area contributed by atoms with E-state index >= 15 is 0 Å². The fourth-order valence-electron chi connectivity index (χ4n) is 1.27. The quantitative estimate of drug-likeness (QED) is 0.594. The summed E-state index contributed by atoms with van der Waals surface area (Å²) in [5.41, 5.74) is 2.89. The van der Waals surface area contributed by atoms with Crippen molar-refractivity contribution < 1.29 is 13.2 Å². The Hall–Kier alpha value is -1.14. The van der Waals surface area contributed by atoms with Gasteiger partial charge < -0.3 is 0 Å². The Labute approximate surface area is 85.5 Å². The van der Waals surface area contributed by atoms with Crippen molar-refractivity contribution in [3.05, 3.63) is 30.1 Å². The Balaban J connectivity index is 2.55. The summed E-state index contributed by atoms with van der Waals surface area (Å²) in [6.07, 6.45) is -1.85. The minimum Gasteiger partial charge on any atom is -0.271 e. The van der Waals surface area contributed by atoms with Gasteiger partial charge in [0.05, 0.1) is 6.42 Å². The number of nitrogens with zero attached hydrogens (tertiary/aromatic N) is 1. The molecule has 0 aromatic carbocycles. The molecule has 0 bridgehead atoms. The second-order valence-electron chi connectivity index (χ2n) is 3.25. The Morgan fingerprint density at radius 2 is 2.20 bits per heavy atom. The fourth-order valence-corrected chi connectivity index (χ4v) is 1.27. The van der Waals surface area contributed by atoms with Crippen LogP contribution in [0.5, 0.6) is 0 Å². The van der Waals surface area contributed by atoms with Crippen molar-refractivity contribution in [3.63, 3.8) is 0 Å². The van der Waals surface area contributed by atoms with E-state index in [1.54, 1.807) is 18.3 Å². The number of nitrogens with two attached hydrogens (primary N) is 1. The van der Waals surface area contributed by atoms with Gasteiger partial charge in [0, 0.05) is 18.4 Å². The maximum absolute atomic E-state index is 12.1. The van der Waals surface area contributed by atoms with Crippen molar-refractivity contribution in [1.82, 2.24) is 10.4 Å². The SMILES string of the molecule is NNC(Cc1cccnc1)CC(F)(F)F. The monoisotopic (exact) mass is 219 g/mol. The van der Waals surface area contributed by atoms with Crippen LogP contribution in [-0.2, 0) is 6.42 Å². The normalized spacial score (nSPS) is 13.9. The molecule has 1 unspecified atom stereocenters. The van der Waals surface area contributed by atoms with Crippen LogP contribution < -0.4 is 11.3 Å². The van der Waals surface area contributed by atoms with Gasteiger partial charge in [-0.25, -0.2) is 0 Å². The van der Waals surface area contributed by atoms with Gasteiger partial charge >= 0.3 is 6.18 Å². The van der Waals surface area contributed by atoms with Gasteiger partial charge in [-0.1, -0.05) is 6.07 Å². The first-order valence-electron chi connectivity index (χ1n) is 4.43. The van der Waals surface area contributed by atoms with Crippen LogP contribution in [0.2, 0.25) is 0 Å². The molecule has 3 nitrogen and oxygen atoms in total. The lowest BCUT2D eigenvalue weighted by Crippen LogP contribution is -2.40. The van der Waals surface area contributed by atoms with E-state index in [1.807, 2.05) is 0 Å². The van der Waals surface area contributed by atoms with Crippen molar-refractivity contribution in [3.8, 4) is 0 Å². The highest BCUT2D eigenvalue weighted by atomic mass is 19.4. The summed E-state index contributed by atoms with van der Waals surface area (Å²) in [6, 6.07) is 2.58. The van der Waals surface area contributed by atoms with Gasteiger partial charge in [0.2, 0.25) is 0 Å². The predicted octanol–water partition coefficient (Wildman–Crippen LogP) is 1.41. The zero-order valence-corrected chi connectivity index (χ0v) is 7.96. The lowest BCUT2D eigenvalue weighted by molar-refractivity contribution is -0.140. The third-order valence-corrected chi connectivity index (χ3v) is 1.92. The molecule has 6 heteroatoms. The largest absolute Gasteiger partial charge is 0.390 e. The number of halogens is 3. The lowest BCUT2D eigenvalue weighted by atomic mass is 10.1. The van der Waals surface area contributed by atoms with Crippen molar-refractivity contribution in [2.75, 3.05) is 0 Å². The number of hydrazine groups is 1. The summed E-state index contributed by atoms with van der Waals surface area (Å²) >= 11 is 0. The van der Waals surface area contributed by atoms with Gasteiger partial charge in [-0.05, 0) is 18.1 Å². The highest BCUT2D eigenvalue weighted by Crippen LogP contribution is 2.22. The second-order valence-corrected chi connectivity index (χ2v) is 3.25. The van der Waals surface area contributed by atoms with Crippen LogP contribution in [0.1, 0.15) is 12.0 Å². The average Bonchev–Trinajstić information content (AvgIpc) is 2.16. The van der Waals surface area contributed by atoms with Crippen LogP contribution >= 0.6 is 0 Å². The molecule has 0 aliphatic heterocycles. The third-order valence-electron chi connectivity index (χ3n) is 1.92. The maximum atomic E-state index is 12.1. The third kappa shape index (κ3) is 4.75. The molecule has 3 N–H and O–H groups in total. The van der Waals surface area contributed by atoms with Gasteiger partial charge in [0.1, 0.15) is 0 Å². The van der Waals surface area contributed by atoms with E-state index in [-0.39, 0.29) is 6.42 Å². The van der Waals surface area contributed by atoms with Crippen molar-refractivity contribution >= 4 is 0 Å². The summed E-state index contributed by atoms with van der Waals surface area (Å²) in [7, 11) is 0. The number of nitrogens with one attached hydrogen (secondary N) is 1. The molecule has 1 aromatic heterocycles. The van der Waals surface area contributed by atoms with E-state index in [0.29, 0.717) is 0 Å². The van der Waals surface area contributed by atoms with Gasteiger partial charge in [-0.3, -0.25) is 16.3 Å². The summed E-state index contributed by atoms with van der Waals surface area (Å²) in [4.78, 5) is 3.82. The molecule has 1 atom stereocenters. The molecule has 15 heavy (non-hydrogen) atoms. The molecule has 84 valence electrons. The lowest BCUT2D eigenvalue weighted by Gasteiger charge is -2.17. The molecule has 1 rings (SSSR count). The first kappa shape index (κ1) is 11.9. The van der Waals surface area contributed by atoms with Crippen LogP contribution in [0.15, 0.2) is 24.5 Å². The molecule has 0 radical (unpaired) electrons. The number of rotatable bonds is 4. The number of hydrogen-bond donors (Lipinski definition) is 2. The van der Waals surface area contributed by atoms with Crippen LogP contribution in [0.4, 0.5) is 13.2 Å². The van der Waals surface area contributed by atoms with Crippen molar-refractivity contribution in [1.29, 1.82) is 0 Å². The van der Waals surface area contributed by atoms with Crippen molar-refractivity contribution in [2.24, 2.45) is 5.84 Å². The molecule has 0 aliphatic rings. The van der Waals surface area contributed by atoms with E-state index in [4.69, 9.17) is 5.84 Å². The Bertz CT molecular complexity index is 286. The standard InChI is InChI=1S/C9H12F3N3/c10-9(11,12)5-8(15-13)4-7-2-1-3-14-6-7/h1-3,6,8,15H,4-5,13H2. The fraction of sp³-hybridized carbons (Fsp3) is 0.444. The summed E-state index contributed by atoms with van der Waals surface area (Å²) < 4.78 is 36.3. The van der Waals surface area contributed by atoms with Crippen molar-refractivity contribution in [2.45, 2.75) is 25.1 Å². The van der Waals surface area contributed by atoms with Crippen LogP contribution in [0, 0.1) is 0 Å². The molecule has 0 amide bonds. The molecule has 0 saturated carbocycles. The molecule has 1 heterocycles. The average molecular weight is 219 g/mol. The number of alkyl halides is 3. The summed E-state index contributed by atoms with van der Waals surface area (Å²) in [5.74, 6) is 5.06. The first-order valence-corrected chi connectivity index (χ1v) is 4.43. The minimum absolute atomic E-state index is 0.212. The van der Waals surface area contributed by atoms with Gasteiger partial charge in [0.25, 0.3) is 0 Å². The number of hydrogen-bond acceptors (Lipinski definition) is 3. The van der Waals surface area contributed by atoms with Crippen LogP contribution in [-0.4, -0.2) is 17.2 Å². The summed E-state index contributed by atoms with van der Waals surface area (Å²) in [6.45, 7) is 0. The van der Waals surface area contributed by atoms with Gasteiger partial charge in [-0.2, -0.15) is 13.2 Å². The highest BCUT2D eigenvalue weighted by Gasteiger charge is 2.31. The molecular weight excluding hydrogens is 207 g/mol. The Morgan fingerprint density at radius 3 is 2.67 bits per heavy atom. The smallest absolute Gasteiger partial charge is 0.271 e. The molecule has 0 aliphatic carbocycles. The molecule has 1 aromatic rings. The molecular formula is C9H12F3N3. The highest BCUT2D eigenvalue weighted by molar-refractivity contribution is 5.10. The van der Waals surface area contributed by atoms with E-state index in [9.17, 15) is 13.2 Å². The molecule has 0 fully saturated rings. The predicted molar refractivity (Wildman–Crippen MR) is 49.7 cm³/mol. The number of aromatic nitrogens is 1. The second kappa shape index (κ2) is 5.09. The topological polar surface area (TPSA) is 50.9 Å². The van der Waals surface area contributed by atoms with Gasteiger partial charge in [-0.15, -0.1) is 0 Å². The van der Waals surface area contributed by atoms with E-state index in [2.05, 4.69) is 10.4 Å². The summed E-state index contributed by atoms with van der Waals surface area (Å²) in [5, 5.41) is 0. The minimum atomic E-state index is -4.21. The Morgan fingerprint density at radius 1 is 1.47 bits per heavy atom. The van der Waals surface area contributed by atoms with E-state index in [0.717, 1.165) is 5.56 Å². The first-order chi connectivity index (χ1) is 7.01. The zero-order chi connectivity index (χ0) is 11.3. The molecule has 0 spiro atoms. The van der Waals surface area contributed by atoms with Crippen LogP contribution in [0.3, 0.4) is 0 Å². The Kier molecular flexibility index (Phi) is 4.05. The van der Waals surface area contributed by atoms with Gasteiger partial charge in [0.15, 0.2) is 0 Å². The maximum Gasteiger partial charge on any atom is 0.390 e. The van der Waals surface area contributed by atoms with E-state index in [1.165, 1.54) is 6.20 Å². The number of pyridine rings is 1. The van der Waals surface area contributed by atoms with E-state index < -0.39 is 18.6 Å². The molecule has 0 saturated heterocycles. The van der Waals surface area contributed by atoms with Crippen LogP contribution in [0.25, 0.3) is 0 Å².